The lowest BCUT2D eigenvalue weighted by Gasteiger charge is -2.35. The number of nitrogens with zero attached hydrogens (tertiary/aromatic N) is 2. The molecule has 1 saturated heterocycles. The highest BCUT2D eigenvalue weighted by molar-refractivity contribution is 5.78. The molecule has 1 fully saturated rings. The first-order valence-corrected chi connectivity index (χ1v) is 7.10. The highest BCUT2D eigenvalue weighted by Crippen LogP contribution is 2.32. The number of aromatic amines is 1. The number of pyridine rings is 1. The van der Waals surface area contributed by atoms with E-state index in [-0.39, 0.29) is 17.2 Å². The smallest absolute Gasteiger partial charge is 0.273 e. The number of aromatic nitrogens is 3. The van der Waals surface area contributed by atoms with Crippen LogP contribution in [0.3, 0.4) is 0 Å². The Bertz CT molecular complexity index is 712. The van der Waals surface area contributed by atoms with Gasteiger partial charge in [0.1, 0.15) is 0 Å². The van der Waals surface area contributed by atoms with Crippen LogP contribution in [-0.2, 0) is 4.74 Å². The average Bonchev–Trinajstić information content (AvgIpc) is 2.65. The monoisotopic (exact) mass is 275 g/mol. The van der Waals surface area contributed by atoms with Gasteiger partial charge in [-0.15, -0.1) is 0 Å². The van der Waals surface area contributed by atoms with Crippen LogP contribution in [0, 0.1) is 13.8 Å². The van der Waals surface area contributed by atoms with Gasteiger partial charge in [-0.3, -0.25) is 14.6 Å². The van der Waals surface area contributed by atoms with Crippen molar-refractivity contribution in [1.82, 2.24) is 14.8 Å². The summed E-state index contributed by atoms with van der Waals surface area (Å²) < 4.78 is 7.70. The lowest BCUT2D eigenvalue weighted by Crippen LogP contribution is -2.35. The molecule has 5 nitrogen and oxygen atoms in total. The van der Waals surface area contributed by atoms with Crippen LogP contribution in [-0.4, -0.2) is 27.0 Å². The van der Waals surface area contributed by atoms with Crippen molar-refractivity contribution in [3.8, 4) is 0 Å². The largest absolute Gasteiger partial charge is 0.375 e. The van der Waals surface area contributed by atoms with Gasteiger partial charge in [-0.2, -0.15) is 0 Å². The maximum atomic E-state index is 12.2. The molecule has 0 bridgehead atoms. The van der Waals surface area contributed by atoms with Crippen LogP contribution in [0.5, 0.6) is 0 Å². The van der Waals surface area contributed by atoms with Crippen molar-refractivity contribution in [2.75, 3.05) is 6.61 Å². The van der Waals surface area contributed by atoms with Crippen LogP contribution < -0.4 is 5.56 Å². The van der Waals surface area contributed by atoms with E-state index in [1.165, 1.54) is 0 Å². The number of hydrogen-bond acceptors (Lipinski definition) is 3. The predicted molar refractivity (Wildman–Crippen MR) is 78.1 cm³/mol. The maximum Gasteiger partial charge on any atom is 0.273 e. The van der Waals surface area contributed by atoms with Crippen molar-refractivity contribution >= 4 is 11.0 Å². The van der Waals surface area contributed by atoms with Crippen LogP contribution >= 0.6 is 0 Å². The molecule has 0 saturated carbocycles. The van der Waals surface area contributed by atoms with E-state index in [0.29, 0.717) is 12.0 Å². The van der Waals surface area contributed by atoms with Crippen molar-refractivity contribution < 1.29 is 4.74 Å². The second-order valence-corrected chi connectivity index (χ2v) is 6.34. The molecule has 3 rings (SSSR count). The fraction of sp³-hybridized carbons (Fsp3) is 0.600. The quantitative estimate of drug-likeness (QED) is 0.869. The summed E-state index contributed by atoms with van der Waals surface area (Å²) in [7, 11) is 0. The Kier molecular flexibility index (Phi) is 2.97. The van der Waals surface area contributed by atoms with Gasteiger partial charge in [0.05, 0.1) is 17.0 Å². The molecular formula is C15H21N3O2. The van der Waals surface area contributed by atoms with Gasteiger partial charge < -0.3 is 4.74 Å². The van der Waals surface area contributed by atoms with E-state index in [1.807, 2.05) is 24.6 Å². The van der Waals surface area contributed by atoms with Gasteiger partial charge >= 0.3 is 0 Å². The van der Waals surface area contributed by atoms with Crippen molar-refractivity contribution in [3.05, 3.63) is 27.7 Å². The van der Waals surface area contributed by atoms with Gasteiger partial charge in [0.15, 0.2) is 5.65 Å². The van der Waals surface area contributed by atoms with Crippen molar-refractivity contribution in [2.24, 2.45) is 0 Å². The highest BCUT2D eigenvalue weighted by atomic mass is 16.5. The molecular weight excluding hydrogens is 254 g/mol. The summed E-state index contributed by atoms with van der Waals surface area (Å²) >= 11 is 0. The zero-order chi connectivity index (χ0) is 14.5. The van der Waals surface area contributed by atoms with E-state index in [4.69, 9.17) is 4.74 Å². The van der Waals surface area contributed by atoms with Crippen molar-refractivity contribution in [2.45, 2.75) is 52.2 Å². The van der Waals surface area contributed by atoms with E-state index in [0.717, 1.165) is 29.7 Å². The third-order valence-corrected chi connectivity index (χ3v) is 4.04. The number of nitrogens with one attached hydrogen (secondary N) is 1. The molecule has 1 aliphatic heterocycles. The molecule has 1 aliphatic rings. The van der Waals surface area contributed by atoms with Crippen molar-refractivity contribution in [1.29, 1.82) is 0 Å². The lowest BCUT2D eigenvalue weighted by atomic mass is 9.94. The summed E-state index contributed by atoms with van der Waals surface area (Å²) in [5, 5.41) is 3.68. The van der Waals surface area contributed by atoms with Gasteiger partial charge in [0, 0.05) is 12.3 Å². The van der Waals surface area contributed by atoms with Crippen LogP contribution in [0.4, 0.5) is 0 Å². The van der Waals surface area contributed by atoms with Gasteiger partial charge in [-0.1, -0.05) is 0 Å². The van der Waals surface area contributed by atoms with E-state index in [2.05, 4.69) is 23.9 Å². The third kappa shape index (κ3) is 2.16. The Morgan fingerprint density at radius 1 is 1.45 bits per heavy atom. The molecule has 20 heavy (non-hydrogen) atoms. The summed E-state index contributed by atoms with van der Waals surface area (Å²) in [4.78, 5) is 16.8. The molecule has 1 N–H and O–H groups in total. The van der Waals surface area contributed by atoms with Gasteiger partial charge in [-0.05, 0) is 52.2 Å². The molecule has 0 radical (unpaired) electrons. The summed E-state index contributed by atoms with van der Waals surface area (Å²) in [6.45, 7) is 8.82. The molecule has 2 aromatic heterocycles. The molecule has 3 heterocycles. The Morgan fingerprint density at radius 2 is 2.20 bits per heavy atom. The fourth-order valence-corrected chi connectivity index (χ4v) is 3.17. The van der Waals surface area contributed by atoms with Crippen molar-refractivity contribution in [3.63, 3.8) is 0 Å². The normalized spacial score (nSPS) is 22.3. The fourth-order valence-electron chi connectivity index (χ4n) is 3.17. The number of ether oxygens (including phenoxy) is 1. The molecule has 5 heteroatoms. The van der Waals surface area contributed by atoms with E-state index >= 15 is 0 Å². The molecule has 0 unspecified atom stereocenters. The number of aryl methyl sites for hydroxylation is 2. The Morgan fingerprint density at radius 3 is 2.90 bits per heavy atom. The standard InChI is InChI=1S/C15H21N3O2/c1-9-7-10(2)16-13-12(9)14(19)17-18(13)11-5-6-20-15(3,4)8-11/h7,11H,5-6,8H2,1-4H3,(H,17,19)/t11-/m1/s1. The molecule has 0 aromatic carbocycles. The molecule has 0 aliphatic carbocycles. The van der Waals surface area contributed by atoms with Crippen LogP contribution in [0.2, 0.25) is 0 Å². The minimum absolute atomic E-state index is 0.0469. The SMILES string of the molecule is Cc1cc(C)c2c(=O)[nH]n([C@@H]3CCOC(C)(C)C3)c2n1. The number of H-pyrrole nitrogens is 1. The molecule has 2 aromatic rings. The molecule has 108 valence electrons. The number of hydrogen-bond donors (Lipinski definition) is 1. The van der Waals surface area contributed by atoms with Gasteiger partial charge in [0.2, 0.25) is 0 Å². The maximum absolute atomic E-state index is 12.2. The van der Waals surface area contributed by atoms with Crippen LogP contribution in [0.25, 0.3) is 11.0 Å². The van der Waals surface area contributed by atoms with E-state index in [1.54, 1.807) is 0 Å². The first kappa shape index (κ1) is 13.4. The average molecular weight is 275 g/mol. The van der Waals surface area contributed by atoms with E-state index < -0.39 is 0 Å². The predicted octanol–water partition coefficient (Wildman–Crippen LogP) is 2.47. The molecule has 0 amide bonds. The van der Waals surface area contributed by atoms with Crippen LogP contribution in [0.1, 0.15) is 44.0 Å². The minimum Gasteiger partial charge on any atom is -0.375 e. The zero-order valence-corrected chi connectivity index (χ0v) is 12.5. The Hall–Kier alpha value is -1.62. The minimum atomic E-state index is -0.157. The summed E-state index contributed by atoms with van der Waals surface area (Å²) in [5.74, 6) is 0. The van der Waals surface area contributed by atoms with E-state index in [9.17, 15) is 4.79 Å². The third-order valence-electron chi connectivity index (χ3n) is 4.04. The molecule has 1 atom stereocenters. The second-order valence-electron chi connectivity index (χ2n) is 6.34. The van der Waals surface area contributed by atoms with Gasteiger partial charge in [0.25, 0.3) is 5.56 Å². The Balaban J connectivity index is 2.15. The lowest BCUT2D eigenvalue weighted by molar-refractivity contribution is -0.0702. The highest BCUT2D eigenvalue weighted by Gasteiger charge is 2.31. The zero-order valence-electron chi connectivity index (χ0n) is 12.5. The number of rotatable bonds is 1. The number of fused-ring (bicyclic) bond motifs is 1. The first-order chi connectivity index (χ1) is 9.37. The topological polar surface area (TPSA) is 59.9 Å². The first-order valence-electron chi connectivity index (χ1n) is 7.10. The summed E-state index contributed by atoms with van der Waals surface area (Å²) in [6.07, 6.45) is 1.78. The second kappa shape index (κ2) is 4.45. The molecule has 0 spiro atoms. The van der Waals surface area contributed by atoms with Crippen LogP contribution in [0.15, 0.2) is 10.9 Å². The van der Waals surface area contributed by atoms with Gasteiger partial charge in [-0.25, -0.2) is 4.98 Å². The summed E-state index contributed by atoms with van der Waals surface area (Å²) in [6, 6.07) is 2.19. The summed E-state index contributed by atoms with van der Waals surface area (Å²) in [5.41, 5.74) is 2.49. The Labute approximate surface area is 117 Å².